The molecule has 0 unspecified atom stereocenters. The highest BCUT2D eigenvalue weighted by molar-refractivity contribution is 8.16. The van der Waals surface area contributed by atoms with Gasteiger partial charge in [-0.2, -0.15) is 4.99 Å². The lowest BCUT2D eigenvalue weighted by Crippen LogP contribution is -2.35. The number of rotatable bonds is 7. The molecule has 0 spiro atoms. The number of para-hydroxylation sites is 3. The van der Waals surface area contributed by atoms with Crippen LogP contribution in [0.25, 0.3) is 17.0 Å². The molecule has 0 fully saturated rings. The number of carbonyl (C=O) groups excluding carboxylic acids is 1. The van der Waals surface area contributed by atoms with Gasteiger partial charge < -0.3 is 14.0 Å². The Morgan fingerprint density at radius 3 is 2.71 bits per heavy atom. The van der Waals surface area contributed by atoms with Crippen molar-refractivity contribution in [2.75, 3.05) is 13.7 Å². The largest absolute Gasteiger partial charge is 0.493 e. The molecular formula is C26H24N4O3S. The van der Waals surface area contributed by atoms with Gasteiger partial charge in [0, 0.05) is 34.9 Å². The van der Waals surface area contributed by atoms with Crippen molar-refractivity contribution in [2.45, 2.75) is 19.9 Å². The van der Waals surface area contributed by atoms with Crippen molar-refractivity contribution < 1.29 is 14.3 Å². The number of thioether (sulfide) groups is 1. The van der Waals surface area contributed by atoms with Gasteiger partial charge in [0.05, 0.1) is 19.3 Å². The van der Waals surface area contributed by atoms with E-state index in [0.717, 1.165) is 46.6 Å². The van der Waals surface area contributed by atoms with Crippen LogP contribution in [0.4, 0.5) is 0 Å². The third kappa shape index (κ3) is 3.90. The number of nitrogens with one attached hydrogen (secondary N) is 1. The average molecular weight is 473 g/mol. The van der Waals surface area contributed by atoms with Crippen LogP contribution >= 0.6 is 11.8 Å². The molecule has 2 aliphatic heterocycles. The molecule has 0 saturated carbocycles. The Kier molecular flexibility index (Phi) is 5.98. The Bertz CT molecular complexity index is 1390. The van der Waals surface area contributed by atoms with Crippen molar-refractivity contribution >= 4 is 45.7 Å². The lowest BCUT2D eigenvalue weighted by molar-refractivity contribution is -0.114. The van der Waals surface area contributed by atoms with Crippen LogP contribution in [0.5, 0.6) is 11.5 Å². The van der Waals surface area contributed by atoms with Crippen LogP contribution < -0.4 is 9.47 Å². The van der Waals surface area contributed by atoms with Gasteiger partial charge in [0.25, 0.3) is 5.91 Å². The number of fused-ring (bicyclic) bond motifs is 2. The summed E-state index contributed by atoms with van der Waals surface area (Å²) in [5.74, 6) is 1.22. The lowest BCUT2D eigenvalue weighted by Gasteiger charge is -2.22. The minimum atomic E-state index is -0.381. The number of benzene rings is 2. The summed E-state index contributed by atoms with van der Waals surface area (Å²) in [4.78, 5) is 18.5. The number of ether oxygens (including phenoxy) is 2. The Morgan fingerprint density at radius 1 is 1.12 bits per heavy atom. The first-order valence-electron chi connectivity index (χ1n) is 11.0. The maximum absolute atomic E-state index is 12.7. The van der Waals surface area contributed by atoms with Gasteiger partial charge in [-0.3, -0.25) is 15.1 Å². The van der Waals surface area contributed by atoms with Crippen LogP contribution in [0.15, 0.2) is 70.7 Å². The molecule has 8 heteroatoms. The zero-order valence-electron chi connectivity index (χ0n) is 18.9. The van der Waals surface area contributed by atoms with Crippen molar-refractivity contribution in [1.82, 2.24) is 9.47 Å². The summed E-state index contributed by atoms with van der Waals surface area (Å²) in [6, 6.07) is 15.8. The molecule has 1 aromatic heterocycles. The molecule has 34 heavy (non-hydrogen) atoms. The molecule has 0 saturated heterocycles. The minimum Gasteiger partial charge on any atom is -0.493 e. The first kappa shape index (κ1) is 22.0. The highest BCUT2D eigenvalue weighted by Crippen LogP contribution is 2.32. The maximum atomic E-state index is 12.7. The number of amides is 1. The molecule has 0 aliphatic carbocycles. The molecule has 0 radical (unpaired) electrons. The van der Waals surface area contributed by atoms with Crippen molar-refractivity contribution in [2.24, 2.45) is 4.99 Å². The monoisotopic (exact) mass is 472 g/mol. The number of hydrogen-bond acceptors (Lipinski definition) is 5. The Labute approximate surface area is 201 Å². The number of aliphatic imine (C=N–C) groups is 1. The first-order chi connectivity index (χ1) is 16.6. The average Bonchev–Trinajstić information content (AvgIpc) is 3.42. The van der Waals surface area contributed by atoms with Crippen LogP contribution in [0.1, 0.15) is 17.7 Å². The smallest absolute Gasteiger partial charge is 0.283 e. The second-order valence-electron chi connectivity index (χ2n) is 7.90. The second-order valence-corrected chi connectivity index (χ2v) is 8.77. The fourth-order valence-electron chi connectivity index (χ4n) is 4.25. The number of carbonyl (C=O) groups is 1. The quantitative estimate of drug-likeness (QED) is 0.377. The number of methoxy groups -OCH3 is 1. The van der Waals surface area contributed by atoms with Crippen LogP contribution in [0, 0.1) is 12.3 Å². The minimum absolute atomic E-state index is 0.151. The maximum Gasteiger partial charge on any atom is 0.283 e. The van der Waals surface area contributed by atoms with E-state index in [2.05, 4.69) is 15.6 Å². The normalized spacial score (nSPS) is 16.4. The van der Waals surface area contributed by atoms with Gasteiger partial charge in [-0.25, -0.2) is 0 Å². The van der Waals surface area contributed by atoms with E-state index < -0.39 is 0 Å². The highest BCUT2D eigenvalue weighted by Gasteiger charge is 2.31. The summed E-state index contributed by atoms with van der Waals surface area (Å²) in [5.41, 5.74) is 3.35. The van der Waals surface area contributed by atoms with Crippen molar-refractivity contribution in [3.63, 3.8) is 0 Å². The van der Waals surface area contributed by atoms with Crippen LogP contribution in [0.3, 0.4) is 0 Å². The van der Waals surface area contributed by atoms with E-state index in [1.807, 2.05) is 54.8 Å². The second kappa shape index (κ2) is 9.23. The summed E-state index contributed by atoms with van der Waals surface area (Å²) < 4.78 is 13.5. The fraction of sp³-hybridized carbons (Fsp3) is 0.192. The van der Waals surface area contributed by atoms with Gasteiger partial charge in [0.2, 0.25) is 0 Å². The number of nitrogens with zero attached hydrogens (tertiary/aromatic N) is 3. The zero-order chi connectivity index (χ0) is 23.7. The lowest BCUT2D eigenvalue weighted by atomic mass is 10.1. The topological polar surface area (TPSA) is 79.9 Å². The van der Waals surface area contributed by atoms with Gasteiger partial charge in [-0.15, -0.1) is 0 Å². The number of aromatic nitrogens is 1. The summed E-state index contributed by atoms with van der Waals surface area (Å²) in [7, 11) is 1.63. The van der Waals surface area contributed by atoms with E-state index in [-0.39, 0.29) is 11.7 Å². The van der Waals surface area contributed by atoms with E-state index >= 15 is 0 Å². The van der Waals surface area contributed by atoms with Crippen LogP contribution in [-0.2, 0) is 11.3 Å². The summed E-state index contributed by atoms with van der Waals surface area (Å²) in [6.07, 6.45) is 4.37. The van der Waals surface area contributed by atoms with Gasteiger partial charge in [0.1, 0.15) is 5.84 Å². The third-order valence-corrected chi connectivity index (χ3v) is 6.69. The Hall–Kier alpha value is -3.78. The van der Waals surface area contributed by atoms with Gasteiger partial charge >= 0.3 is 0 Å². The third-order valence-electron chi connectivity index (χ3n) is 5.93. The van der Waals surface area contributed by atoms with E-state index in [1.165, 1.54) is 11.8 Å². The van der Waals surface area contributed by atoms with Crippen LogP contribution in [-0.4, -0.2) is 40.1 Å². The van der Waals surface area contributed by atoms with Crippen molar-refractivity contribution in [3.05, 3.63) is 77.0 Å². The van der Waals surface area contributed by atoms with E-state index in [0.29, 0.717) is 17.3 Å². The molecule has 1 amide bonds. The molecule has 2 aromatic carbocycles. The van der Waals surface area contributed by atoms with Gasteiger partial charge in [-0.05, 0) is 43.0 Å². The number of hydrogen-bond donors (Lipinski definition) is 1. The fourth-order valence-corrected chi connectivity index (χ4v) is 4.95. The Balaban J connectivity index is 1.41. The summed E-state index contributed by atoms with van der Waals surface area (Å²) in [6.45, 7) is 3.34. The molecule has 0 atom stereocenters. The summed E-state index contributed by atoms with van der Waals surface area (Å²) in [5, 5.41) is 11.9. The van der Waals surface area contributed by atoms with E-state index in [1.54, 1.807) is 24.3 Å². The molecule has 5 rings (SSSR count). The van der Waals surface area contributed by atoms with Crippen LogP contribution in [0.2, 0.25) is 0 Å². The SMILES string of the molecule is COc1ccccc1OCCCn1c(C)c(/C=C2/C(=N)N3C=CSC3=NC2=O)c2ccccc21. The molecule has 1 N–H and O–H groups in total. The Morgan fingerprint density at radius 2 is 1.88 bits per heavy atom. The molecule has 0 bridgehead atoms. The van der Waals surface area contributed by atoms with Crippen molar-refractivity contribution in [1.29, 1.82) is 5.41 Å². The molecular weight excluding hydrogens is 448 g/mol. The predicted octanol–water partition coefficient (Wildman–Crippen LogP) is 5.20. The first-order valence-corrected chi connectivity index (χ1v) is 11.9. The molecule has 3 heterocycles. The highest BCUT2D eigenvalue weighted by atomic mass is 32.2. The summed E-state index contributed by atoms with van der Waals surface area (Å²) >= 11 is 1.35. The number of aryl methyl sites for hydroxylation is 1. The molecule has 2 aliphatic rings. The molecule has 3 aromatic rings. The number of amidine groups is 2. The van der Waals surface area contributed by atoms with Crippen molar-refractivity contribution in [3.8, 4) is 11.5 Å². The zero-order valence-corrected chi connectivity index (χ0v) is 19.8. The molecule has 7 nitrogen and oxygen atoms in total. The molecule has 172 valence electrons. The predicted molar refractivity (Wildman–Crippen MR) is 136 cm³/mol. The van der Waals surface area contributed by atoms with E-state index in [9.17, 15) is 4.79 Å². The van der Waals surface area contributed by atoms with E-state index in [4.69, 9.17) is 14.9 Å². The standard InChI is InChI=1S/C26H24N4O3S/c1-17-19(16-20-24(27)30-13-15-34-26(30)28-25(20)31)18-8-3-4-9-21(18)29(17)12-7-14-33-23-11-6-5-10-22(23)32-2/h3-6,8-11,13,15-16,27H,7,12,14H2,1-2H3/b20-16-,27-24?. The van der Waals surface area contributed by atoms with Gasteiger partial charge in [0.15, 0.2) is 16.7 Å². The van der Waals surface area contributed by atoms with Gasteiger partial charge in [-0.1, -0.05) is 42.1 Å².